The van der Waals surface area contributed by atoms with E-state index in [1.807, 2.05) is 63.7 Å². The third kappa shape index (κ3) is 2.58. The molecule has 2 aromatic rings. The molecule has 1 aromatic heterocycles. The molecule has 22 heavy (non-hydrogen) atoms. The fraction of sp³-hybridized carbons (Fsp3) is 0.438. The summed E-state index contributed by atoms with van der Waals surface area (Å²) in [5.74, 6) is 0. The van der Waals surface area contributed by atoms with Crippen molar-refractivity contribution in [1.29, 1.82) is 0 Å². The van der Waals surface area contributed by atoms with Gasteiger partial charge in [-0.05, 0) is 52.3 Å². The molecule has 6 heteroatoms. The van der Waals surface area contributed by atoms with Crippen molar-refractivity contribution >= 4 is 24.2 Å². The van der Waals surface area contributed by atoms with Crippen molar-refractivity contribution in [1.82, 2.24) is 9.78 Å². The molecule has 1 aliphatic heterocycles. The minimum Gasteiger partial charge on any atom is -0.399 e. The maximum atomic E-state index is 6.08. The van der Waals surface area contributed by atoms with Crippen LogP contribution in [0.15, 0.2) is 30.6 Å². The highest BCUT2D eigenvalue weighted by Gasteiger charge is 2.52. The van der Waals surface area contributed by atoms with Gasteiger partial charge in [-0.3, -0.25) is 0 Å². The van der Waals surface area contributed by atoms with Gasteiger partial charge in [-0.15, -0.1) is 0 Å². The van der Waals surface area contributed by atoms with Crippen molar-refractivity contribution in [2.45, 2.75) is 45.8 Å². The second kappa shape index (κ2) is 5.12. The van der Waals surface area contributed by atoms with Crippen LogP contribution in [0.2, 0.25) is 5.02 Å². The quantitative estimate of drug-likeness (QED) is 0.798. The molecule has 0 aliphatic carbocycles. The molecule has 2 heterocycles. The maximum Gasteiger partial charge on any atom is 0.498 e. The van der Waals surface area contributed by atoms with Crippen LogP contribution in [0.1, 0.15) is 33.3 Å². The summed E-state index contributed by atoms with van der Waals surface area (Å²) in [6.07, 6.45) is 3.71. The van der Waals surface area contributed by atoms with Crippen LogP contribution in [0.3, 0.4) is 0 Å². The molecule has 0 spiro atoms. The van der Waals surface area contributed by atoms with Crippen LogP contribution < -0.4 is 5.46 Å². The first-order chi connectivity index (χ1) is 10.2. The Morgan fingerprint density at radius 3 is 2.41 bits per heavy atom. The zero-order valence-corrected chi connectivity index (χ0v) is 14.3. The van der Waals surface area contributed by atoms with E-state index in [1.54, 1.807) is 6.20 Å². The maximum absolute atomic E-state index is 6.08. The summed E-state index contributed by atoms with van der Waals surface area (Å²) in [5.41, 5.74) is 2.25. The summed E-state index contributed by atoms with van der Waals surface area (Å²) in [7, 11) is -0.404. The standard InChI is InChI=1S/C16H20BClN2O2/c1-11-6-7-13(18)8-14(11)20-10-12(9-19-20)17-21-15(2,3)16(4,5)22-17/h6-10H,1-5H3. The Hall–Kier alpha value is -1.30. The molecule has 3 rings (SSSR count). The van der Waals surface area contributed by atoms with Gasteiger partial charge in [-0.1, -0.05) is 17.7 Å². The molecule has 4 nitrogen and oxygen atoms in total. The van der Waals surface area contributed by atoms with E-state index in [9.17, 15) is 0 Å². The Balaban J connectivity index is 1.91. The Morgan fingerprint density at radius 1 is 1.14 bits per heavy atom. The molecule has 1 saturated heterocycles. The van der Waals surface area contributed by atoms with E-state index in [-0.39, 0.29) is 11.2 Å². The number of aryl methyl sites for hydroxylation is 1. The van der Waals surface area contributed by atoms with Crippen LogP contribution in [-0.2, 0) is 9.31 Å². The molecule has 116 valence electrons. The minimum atomic E-state index is -0.404. The van der Waals surface area contributed by atoms with Gasteiger partial charge in [0.05, 0.1) is 16.9 Å². The molecule has 1 aliphatic rings. The van der Waals surface area contributed by atoms with Gasteiger partial charge < -0.3 is 9.31 Å². The fourth-order valence-corrected chi connectivity index (χ4v) is 2.57. The van der Waals surface area contributed by atoms with Crippen molar-refractivity contribution in [2.75, 3.05) is 0 Å². The molecule has 0 radical (unpaired) electrons. The van der Waals surface area contributed by atoms with E-state index in [1.165, 1.54) is 0 Å². The van der Waals surface area contributed by atoms with Crippen LogP contribution in [0, 0.1) is 6.92 Å². The summed E-state index contributed by atoms with van der Waals surface area (Å²) in [4.78, 5) is 0. The van der Waals surface area contributed by atoms with Crippen LogP contribution >= 0.6 is 11.6 Å². The highest BCUT2D eigenvalue weighted by molar-refractivity contribution is 6.62. The number of halogens is 1. The zero-order valence-electron chi connectivity index (χ0n) is 13.6. The fourth-order valence-electron chi connectivity index (χ4n) is 2.40. The number of aromatic nitrogens is 2. The Labute approximate surface area is 136 Å². The Bertz CT molecular complexity index is 696. The van der Waals surface area contributed by atoms with Crippen molar-refractivity contribution in [3.63, 3.8) is 0 Å². The molecule has 0 saturated carbocycles. The van der Waals surface area contributed by atoms with Crippen molar-refractivity contribution in [3.8, 4) is 5.69 Å². The average Bonchev–Trinajstić information content (AvgIpc) is 2.96. The summed E-state index contributed by atoms with van der Waals surface area (Å²) in [6, 6.07) is 5.75. The second-order valence-corrected chi connectivity index (χ2v) is 7.17. The van der Waals surface area contributed by atoms with Crippen molar-refractivity contribution < 1.29 is 9.31 Å². The lowest BCUT2D eigenvalue weighted by atomic mass is 9.82. The summed E-state index contributed by atoms with van der Waals surface area (Å²) < 4.78 is 13.9. The topological polar surface area (TPSA) is 36.3 Å². The van der Waals surface area contributed by atoms with Gasteiger partial charge in [-0.25, -0.2) is 4.68 Å². The number of benzene rings is 1. The lowest BCUT2D eigenvalue weighted by Gasteiger charge is -2.32. The molecule has 0 N–H and O–H groups in total. The van der Waals surface area contributed by atoms with E-state index >= 15 is 0 Å². The highest BCUT2D eigenvalue weighted by atomic mass is 35.5. The van der Waals surface area contributed by atoms with Gasteiger partial charge >= 0.3 is 7.12 Å². The summed E-state index contributed by atoms with van der Waals surface area (Å²) in [5, 5.41) is 5.11. The van der Waals surface area contributed by atoms with Gasteiger partial charge in [0, 0.05) is 22.9 Å². The average molecular weight is 319 g/mol. The predicted octanol–water partition coefficient (Wildman–Crippen LogP) is 3.13. The molecule has 1 aromatic carbocycles. The first kappa shape index (κ1) is 15.6. The van der Waals surface area contributed by atoms with Gasteiger partial charge in [0.2, 0.25) is 0 Å². The lowest BCUT2D eigenvalue weighted by Crippen LogP contribution is -2.41. The van der Waals surface area contributed by atoms with Crippen molar-refractivity contribution in [3.05, 3.63) is 41.2 Å². The minimum absolute atomic E-state index is 0.355. The molecular formula is C16H20BClN2O2. The van der Waals surface area contributed by atoms with E-state index < -0.39 is 7.12 Å². The van der Waals surface area contributed by atoms with Crippen LogP contribution in [0.4, 0.5) is 0 Å². The highest BCUT2D eigenvalue weighted by Crippen LogP contribution is 2.36. The molecular weight excluding hydrogens is 298 g/mol. The zero-order chi connectivity index (χ0) is 16.1. The summed E-state index contributed by atoms with van der Waals surface area (Å²) >= 11 is 6.08. The lowest BCUT2D eigenvalue weighted by molar-refractivity contribution is 0.00578. The van der Waals surface area contributed by atoms with Gasteiger partial charge in [0.25, 0.3) is 0 Å². The van der Waals surface area contributed by atoms with Crippen molar-refractivity contribution in [2.24, 2.45) is 0 Å². The van der Waals surface area contributed by atoms with Crippen LogP contribution in [0.25, 0.3) is 5.69 Å². The molecule has 0 atom stereocenters. The number of hydrogen-bond acceptors (Lipinski definition) is 3. The predicted molar refractivity (Wildman–Crippen MR) is 89.0 cm³/mol. The third-order valence-electron chi connectivity index (χ3n) is 4.55. The summed E-state index contributed by atoms with van der Waals surface area (Å²) in [6.45, 7) is 10.2. The molecule has 1 fully saturated rings. The first-order valence-electron chi connectivity index (χ1n) is 7.36. The Morgan fingerprint density at radius 2 is 1.77 bits per heavy atom. The number of rotatable bonds is 2. The van der Waals surface area contributed by atoms with E-state index in [2.05, 4.69) is 5.10 Å². The largest absolute Gasteiger partial charge is 0.498 e. The molecule has 0 unspecified atom stereocenters. The monoisotopic (exact) mass is 318 g/mol. The second-order valence-electron chi connectivity index (χ2n) is 6.74. The van der Waals surface area contributed by atoms with E-state index in [4.69, 9.17) is 20.9 Å². The Kier molecular flexibility index (Phi) is 3.63. The van der Waals surface area contributed by atoms with Gasteiger partial charge in [0.15, 0.2) is 0 Å². The first-order valence-corrected chi connectivity index (χ1v) is 7.74. The van der Waals surface area contributed by atoms with Gasteiger partial charge in [0.1, 0.15) is 0 Å². The third-order valence-corrected chi connectivity index (χ3v) is 4.78. The molecule has 0 bridgehead atoms. The number of nitrogens with zero attached hydrogens (tertiary/aromatic N) is 2. The molecule has 0 amide bonds. The SMILES string of the molecule is Cc1ccc(Cl)cc1-n1cc(B2OC(C)(C)C(C)(C)O2)cn1. The van der Waals surface area contributed by atoms with Crippen LogP contribution in [-0.4, -0.2) is 28.1 Å². The van der Waals surface area contributed by atoms with E-state index in [0.29, 0.717) is 5.02 Å². The van der Waals surface area contributed by atoms with E-state index in [0.717, 1.165) is 16.7 Å². The van der Waals surface area contributed by atoms with Gasteiger partial charge in [-0.2, -0.15) is 5.10 Å². The normalized spacial score (nSPS) is 19.6. The van der Waals surface area contributed by atoms with Crippen LogP contribution in [0.5, 0.6) is 0 Å². The smallest absolute Gasteiger partial charge is 0.399 e. The number of hydrogen-bond donors (Lipinski definition) is 0.